The van der Waals surface area contributed by atoms with Gasteiger partial charge < -0.3 is 5.32 Å². The van der Waals surface area contributed by atoms with Crippen LogP contribution in [-0.4, -0.2) is 0 Å². The molecule has 1 aromatic heterocycles. The minimum Gasteiger partial charge on any atom is -0.377 e. The molecule has 1 heterocycles. The summed E-state index contributed by atoms with van der Waals surface area (Å²) >= 11 is 5.06. The highest BCUT2D eigenvalue weighted by Crippen LogP contribution is 2.27. The molecule has 1 atom stereocenters. The first-order valence-electron chi connectivity index (χ1n) is 4.90. The Morgan fingerprint density at radius 1 is 1.38 bits per heavy atom. The summed E-state index contributed by atoms with van der Waals surface area (Å²) in [4.78, 5) is 0. The van der Waals surface area contributed by atoms with E-state index in [-0.39, 0.29) is 11.9 Å². The summed E-state index contributed by atoms with van der Waals surface area (Å²) in [5.74, 6) is -0.233. The van der Waals surface area contributed by atoms with Crippen LogP contribution in [-0.2, 0) is 0 Å². The van der Waals surface area contributed by atoms with Crippen LogP contribution in [0, 0.1) is 5.82 Å². The number of hydrogen-bond acceptors (Lipinski definition) is 2. The summed E-state index contributed by atoms with van der Waals surface area (Å²) in [6.45, 7) is 2.05. The minimum absolute atomic E-state index is 0.171. The Morgan fingerprint density at radius 2 is 2.19 bits per heavy atom. The number of thiophene rings is 1. The monoisotopic (exact) mass is 299 g/mol. The highest BCUT2D eigenvalue weighted by molar-refractivity contribution is 9.10. The van der Waals surface area contributed by atoms with E-state index in [1.807, 2.05) is 5.38 Å². The number of nitrogens with one attached hydrogen (secondary N) is 1. The predicted octanol–water partition coefficient (Wildman–Crippen LogP) is 4.82. The van der Waals surface area contributed by atoms with Gasteiger partial charge in [-0.2, -0.15) is 11.3 Å². The number of rotatable bonds is 3. The second kappa shape index (κ2) is 4.97. The molecule has 4 heteroatoms. The lowest BCUT2D eigenvalue weighted by Gasteiger charge is -2.15. The number of hydrogen-bond donors (Lipinski definition) is 1. The lowest BCUT2D eigenvalue weighted by Crippen LogP contribution is -2.06. The molecule has 0 saturated heterocycles. The molecule has 0 bridgehead atoms. The van der Waals surface area contributed by atoms with Crippen molar-refractivity contribution >= 4 is 33.0 Å². The van der Waals surface area contributed by atoms with Gasteiger partial charge in [0.1, 0.15) is 5.82 Å². The Morgan fingerprint density at radius 3 is 2.88 bits per heavy atom. The predicted molar refractivity (Wildman–Crippen MR) is 70.5 cm³/mol. The largest absolute Gasteiger partial charge is 0.377 e. The first-order chi connectivity index (χ1) is 7.66. The molecule has 1 nitrogen and oxygen atoms in total. The van der Waals surface area contributed by atoms with E-state index in [0.29, 0.717) is 0 Å². The van der Waals surface area contributed by atoms with Gasteiger partial charge in [-0.05, 0) is 63.4 Å². The summed E-state index contributed by atoms with van der Waals surface area (Å²) < 4.78 is 14.0. The number of halogens is 2. The fraction of sp³-hybridized carbons (Fsp3) is 0.167. The smallest absolute Gasteiger partial charge is 0.125 e. The molecule has 2 aromatic rings. The standard InChI is InChI=1S/C12H11BrFNS/c1-8(9-4-5-16-7-9)15-12-6-10(14)2-3-11(12)13/h2-8,15H,1H3. The molecule has 0 aliphatic carbocycles. The van der Waals surface area contributed by atoms with Crippen molar-refractivity contribution in [2.24, 2.45) is 0 Å². The van der Waals surface area contributed by atoms with Crippen molar-refractivity contribution in [3.63, 3.8) is 0 Å². The SMILES string of the molecule is CC(Nc1cc(F)ccc1Br)c1ccsc1. The van der Waals surface area contributed by atoms with Crippen LogP contribution in [0.1, 0.15) is 18.5 Å². The molecule has 84 valence electrons. The lowest BCUT2D eigenvalue weighted by molar-refractivity contribution is 0.627. The third-order valence-electron chi connectivity index (χ3n) is 2.34. The Labute approximate surface area is 106 Å². The second-order valence-corrected chi connectivity index (χ2v) is 5.18. The van der Waals surface area contributed by atoms with Crippen molar-refractivity contribution < 1.29 is 4.39 Å². The lowest BCUT2D eigenvalue weighted by atomic mass is 10.1. The van der Waals surface area contributed by atoms with Crippen LogP contribution in [0.5, 0.6) is 0 Å². The zero-order chi connectivity index (χ0) is 11.5. The topological polar surface area (TPSA) is 12.0 Å². The van der Waals surface area contributed by atoms with Crippen molar-refractivity contribution in [3.8, 4) is 0 Å². The van der Waals surface area contributed by atoms with Gasteiger partial charge in [0.2, 0.25) is 0 Å². The van der Waals surface area contributed by atoms with Crippen molar-refractivity contribution in [2.45, 2.75) is 13.0 Å². The summed E-state index contributed by atoms with van der Waals surface area (Å²) in [5, 5.41) is 7.40. The quantitative estimate of drug-likeness (QED) is 0.856. The van der Waals surface area contributed by atoms with Crippen molar-refractivity contribution in [1.29, 1.82) is 0 Å². The Hall–Kier alpha value is -0.870. The average Bonchev–Trinajstić information content (AvgIpc) is 2.76. The Kier molecular flexibility index (Phi) is 3.61. The molecule has 0 radical (unpaired) electrons. The van der Waals surface area contributed by atoms with E-state index in [2.05, 4.69) is 39.6 Å². The van der Waals surface area contributed by atoms with E-state index in [0.717, 1.165) is 10.2 Å². The highest BCUT2D eigenvalue weighted by atomic mass is 79.9. The maximum absolute atomic E-state index is 13.1. The molecule has 2 rings (SSSR count). The molecule has 0 saturated carbocycles. The molecule has 0 aliphatic heterocycles. The van der Waals surface area contributed by atoms with Crippen LogP contribution in [0.4, 0.5) is 10.1 Å². The van der Waals surface area contributed by atoms with Crippen LogP contribution in [0.2, 0.25) is 0 Å². The van der Waals surface area contributed by atoms with Gasteiger partial charge >= 0.3 is 0 Å². The van der Waals surface area contributed by atoms with Gasteiger partial charge in [-0.3, -0.25) is 0 Å². The molecule has 0 aliphatic rings. The summed E-state index contributed by atoms with van der Waals surface area (Å²) in [6, 6.07) is 6.87. The van der Waals surface area contributed by atoms with E-state index >= 15 is 0 Å². The molecule has 0 fully saturated rings. The van der Waals surface area contributed by atoms with Gasteiger partial charge in [0.15, 0.2) is 0 Å². The van der Waals surface area contributed by atoms with Crippen molar-refractivity contribution in [3.05, 3.63) is 50.9 Å². The molecule has 1 N–H and O–H groups in total. The third kappa shape index (κ3) is 2.62. The summed E-state index contributed by atoms with van der Waals surface area (Å²) in [5.41, 5.74) is 1.99. The van der Waals surface area contributed by atoms with Gasteiger partial charge in [0.05, 0.1) is 5.69 Å². The zero-order valence-corrected chi connectivity index (χ0v) is 11.1. The van der Waals surface area contributed by atoms with Crippen LogP contribution >= 0.6 is 27.3 Å². The van der Waals surface area contributed by atoms with Crippen molar-refractivity contribution in [1.82, 2.24) is 0 Å². The van der Waals surface area contributed by atoms with Crippen LogP contribution < -0.4 is 5.32 Å². The number of anilines is 1. The van der Waals surface area contributed by atoms with E-state index in [4.69, 9.17) is 0 Å². The van der Waals surface area contributed by atoms with E-state index in [9.17, 15) is 4.39 Å². The van der Waals surface area contributed by atoms with Crippen LogP contribution in [0.15, 0.2) is 39.5 Å². The normalized spacial score (nSPS) is 12.4. The Balaban J connectivity index is 2.17. The van der Waals surface area contributed by atoms with Crippen LogP contribution in [0.25, 0.3) is 0 Å². The molecular formula is C12H11BrFNS. The Bertz CT molecular complexity index is 470. The fourth-order valence-corrected chi connectivity index (χ4v) is 2.56. The van der Waals surface area contributed by atoms with Gasteiger partial charge in [-0.1, -0.05) is 0 Å². The first kappa shape index (κ1) is 11.6. The highest BCUT2D eigenvalue weighted by Gasteiger charge is 2.08. The molecule has 0 amide bonds. The fourth-order valence-electron chi connectivity index (χ4n) is 1.45. The first-order valence-corrected chi connectivity index (χ1v) is 6.64. The summed E-state index contributed by atoms with van der Waals surface area (Å²) in [6.07, 6.45) is 0. The maximum atomic E-state index is 13.1. The number of benzene rings is 1. The van der Waals surface area contributed by atoms with E-state index in [1.54, 1.807) is 17.4 Å². The van der Waals surface area contributed by atoms with Gasteiger partial charge in [-0.15, -0.1) is 0 Å². The molecule has 0 spiro atoms. The van der Waals surface area contributed by atoms with Gasteiger partial charge in [0.25, 0.3) is 0 Å². The average molecular weight is 300 g/mol. The zero-order valence-electron chi connectivity index (χ0n) is 8.71. The van der Waals surface area contributed by atoms with Gasteiger partial charge in [-0.25, -0.2) is 4.39 Å². The maximum Gasteiger partial charge on any atom is 0.125 e. The van der Waals surface area contributed by atoms with Crippen LogP contribution in [0.3, 0.4) is 0 Å². The molecule has 16 heavy (non-hydrogen) atoms. The summed E-state index contributed by atoms with van der Waals surface area (Å²) in [7, 11) is 0. The molecular weight excluding hydrogens is 289 g/mol. The molecule has 1 aromatic carbocycles. The molecule has 1 unspecified atom stereocenters. The second-order valence-electron chi connectivity index (χ2n) is 3.55. The third-order valence-corrected chi connectivity index (χ3v) is 3.74. The van der Waals surface area contributed by atoms with E-state index < -0.39 is 0 Å². The minimum atomic E-state index is -0.233. The van der Waals surface area contributed by atoms with Gasteiger partial charge in [0, 0.05) is 10.5 Å². The van der Waals surface area contributed by atoms with E-state index in [1.165, 1.54) is 17.7 Å². The van der Waals surface area contributed by atoms with Crippen molar-refractivity contribution in [2.75, 3.05) is 5.32 Å².